The average Bonchev–Trinajstić information content (AvgIpc) is 2.72. The van der Waals surface area contributed by atoms with Crippen LogP contribution in [0.15, 0.2) is 16.7 Å². The van der Waals surface area contributed by atoms with Gasteiger partial charge in [-0.3, -0.25) is 4.79 Å². The number of hydrogen-bond acceptors (Lipinski definition) is 4. The van der Waals surface area contributed by atoms with E-state index in [1.54, 1.807) is 17.9 Å². The van der Waals surface area contributed by atoms with Crippen molar-refractivity contribution in [1.29, 1.82) is 0 Å². The predicted octanol–water partition coefficient (Wildman–Crippen LogP) is 1.20. The van der Waals surface area contributed by atoms with Crippen LogP contribution >= 0.6 is 0 Å². The summed E-state index contributed by atoms with van der Waals surface area (Å²) in [5, 5.41) is 9.22. The molecule has 2 rings (SSSR count). The Morgan fingerprint density at radius 1 is 1.61 bits per heavy atom. The molecule has 0 saturated carbocycles. The van der Waals surface area contributed by atoms with Gasteiger partial charge in [-0.2, -0.15) is 0 Å². The van der Waals surface area contributed by atoms with E-state index in [-0.39, 0.29) is 18.6 Å². The third kappa shape index (κ3) is 2.73. The number of furan rings is 1. The van der Waals surface area contributed by atoms with Gasteiger partial charge in [0, 0.05) is 13.1 Å². The summed E-state index contributed by atoms with van der Waals surface area (Å²) in [6.07, 6.45) is 1.14. The van der Waals surface area contributed by atoms with Gasteiger partial charge >= 0.3 is 0 Å². The summed E-state index contributed by atoms with van der Waals surface area (Å²) in [6.45, 7) is 6.45. The molecule has 0 radical (unpaired) electrons. The molecule has 1 atom stereocenters. The van der Waals surface area contributed by atoms with Gasteiger partial charge in [-0.15, -0.1) is 0 Å². The number of rotatable bonds is 2. The zero-order valence-electron chi connectivity index (χ0n) is 11.0. The van der Waals surface area contributed by atoms with Crippen LogP contribution in [0.3, 0.4) is 0 Å². The molecule has 5 heteroatoms. The SMILES string of the molecule is Cc1cc(C(=O)N2CC(CO)OC(C)(C)C2)co1. The Balaban J connectivity index is 2.14. The van der Waals surface area contributed by atoms with Gasteiger partial charge in [0.05, 0.1) is 23.9 Å². The molecule has 1 aromatic rings. The summed E-state index contributed by atoms with van der Waals surface area (Å²) < 4.78 is 10.8. The number of amides is 1. The molecular formula is C13H19NO4. The first kappa shape index (κ1) is 13.1. The highest BCUT2D eigenvalue weighted by Gasteiger charge is 2.35. The summed E-state index contributed by atoms with van der Waals surface area (Å²) in [4.78, 5) is 14.0. The molecule has 100 valence electrons. The molecule has 1 aliphatic rings. The molecule has 1 aromatic heterocycles. The van der Waals surface area contributed by atoms with E-state index in [0.29, 0.717) is 24.4 Å². The number of hydrogen-bond donors (Lipinski definition) is 1. The number of aliphatic hydroxyl groups is 1. The van der Waals surface area contributed by atoms with Crippen molar-refractivity contribution in [3.63, 3.8) is 0 Å². The first-order valence-electron chi connectivity index (χ1n) is 6.04. The van der Waals surface area contributed by atoms with Gasteiger partial charge in [0.25, 0.3) is 5.91 Å². The number of nitrogens with zero attached hydrogens (tertiary/aromatic N) is 1. The normalized spacial score (nSPS) is 23.1. The summed E-state index contributed by atoms with van der Waals surface area (Å²) in [5.41, 5.74) is 0.0991. The summed E-state index contributed by atoms with van der Waals surface area (Å²) >= 11 is 0. The summed E-state index contributed by atoms with van der Waals surface area (Å²) in [6, 6.07) is 1.72. The molecule has 1 fully saturated rings. The van der Waals surface area contributed by atoms with Crippen LogP contribution in [-0.2, 0) is 4.74 Å². The fourth-order valence-corrected chi connectivity index (χ4v) is 2.28. The topological polar surface area (TPSA) is 62.9 Å². The van der Waals surface area contributed by atoms with Crippen molar-refractivity contribution in [3.05, 3.63) is 23.7 Å². The average molecular weight is 253 g/mol. The summed E-state index contributed by atoms with van der Waals surface area (Å²) in [7, 11) is 0. The van der Waals surface area contributed by atoms with E-state index < -0.39 is 5.60 Å². The monoisotopic (exact) mass is 253 g/mol. The molecule has 0 bridgehead atoms. The maximum atomic E-state index is 12.3. The number of morpholine rings is 1. The van der Waals surface area contributed by atoms with Crippen LogP contribution < -0.4 is 0 Å². The smallest absolute Gasteiger partial charge is 0.257 e. The van der Waals surface area contributed by atoms with Crippen molar-refractivity contribution in [3.8, 4) is 0 Å². The summed E-state index contributed by atoms with van der Waals surface area (Å²) in [5.74, 6) is 0.631. The van der Waals surface area contributed by atoms with Crippen LogP contribution in [0, 0.1) is 6.92 Å². The Bertz CT molecular complexity index is 438. The van der Waals surface area contributed by atoms with Crippen molar-refractivity contribution < 1.29 is 19.1 Å². The van der Waals surface area contributed by atoms with Gasteiger partial charge in [-0.05, 0) is 26.8 Å². The zero-order chi connectivity index (χ0) is 13.3. The number of ether oxygens (including phenoxy) is 1. The Hall–Kier alpha value is -1.33. The van der Waals surface area contributed by atoms with E-state index in [1.165, 1.54) is 6.26 Å². The van der Waals surface area contributed by atoms with E-state index in [1.807, 2.05) is 13.8 Å². The molecule has 5 nitrogen and oxygen atoms in total. The standard InChI is InChI=1S/C13H19NO4/c1-9-4-10(7-17-9)12(16)14-5-11(6-15)18-13(2,3)8-14/h4,7,11,15H,5-6,8H2,1-3H3. The molecule has 1 amide bonds. The number of aliphatic hydroxyl groups excluding tert-OH is 1. The van der Waals surface area contributed by atoms with Crippen molar-refractivity contribution in [2.45, 2.75) is 32.5 Å². The first-order chi connectivity index (χ1) is 8.41. The van der Waals surface area contributed by atoms with Crippen molar-refractivity contribution in [1.82, 2.24) is 4.90 Å². The van der Waals surface area contributed by atoms with Crippen molar-refractivity contribution in [2.24, 2.45) is 0 Å². The number of carbonyl (C=O) groups excluding carboxylic acids is 1. The number of carbonyl (C=O) groups is 1. The Morgan fingerprint density at radius 2 is 2.33 bits per heavy atom. The van der Waals surface area contributed by atoms with Crippen LogP contribution in [0.5, 0.6) is 0 Å². The molecule has 0 aliphatic carbocycles. The first-order valence-corrected chi connectivity index (χ1v) is 6.04. The van der Waals surface area contributed by atoms with E-state index in [4.69, 9.17) is 9.15 Å². The molecule has 1 aliphatic heterocycles. The highest BCUT2D eigenvalue weighted by molar-refractivity contribution is 5.94. The molecular weight excluding hydrogens is 234 g/mol. The second-order valence-corrected chi connectivity index (χ2v) is 5.31. The third-order valence-corrected chi connectivity index (χ3v) is 2.95. The van der Waals surface area contributed by atoms with Gasteiger partial charge < -0.3 is 19.2 Å². The fraction of sp³-hybridized carbons (Fsp3) is 0.615. The van der Waals surface area contributed by atoms with Crippen molar-refractivity contribution >= 4 is 5.91 Å². The maximum Gasteiger partial charge on any atom is 0.257 e. The van der Waals surface area contributed by atoms with Crippen LogP contribution in [0.25, 0.3) is 0 Å². The fourth-order valence-electron chi connectivity index (χ4n) is 2.28. The van der Waals surface area contributed by atoms with E-state index >= 15 is 0 Å². The third-order valence-electron chi connectivity index (χ3n) is 2.95. The Morgan fingerprint density at radius 3 is 2.89 bits per heavy atom. The minimum Gasteiger partial charge on any atom is -0.469 e. The quantitative estimate of drug-likeness (QED) is 0.860. The lowest BCUT2D eigenvalue weighted by Gasteiger charge is -2.42. The predicted molar refractivity (Wildman–Crippen MR) is 65.4 cm³/mol. The van der Waals surface area contributed by atoms with E-state index in [9.17, 15) is 9.90 Å². The largest absolute Gasteiger partial charge is 0.469 e. The van der Waals surface area contributed by atoms with Crippen LogP contribution in [-0.4, -0.2) is 47.3 Å². The second-order valence-electron chi connectivity index (χ2n) is 5.31. The van der Waals surface area contributed by atoms with Crippen LogP contribution in [0.2, 0.25) is 0 Å². The van der Waals surface area contributed by atoms with Gasteiger partial charge in [0.2, 0.25) is 0 Å². The van der Waals surface area contributed by atoms with Crippen LogP contribution in [0.4, 0.5) is 0 Å². The van der Waals surface area contributed by atoms with Crippen molar-refractivity contribution in [2.75, 3.05) is 19.7 Å². The highest BCUT2D eigenvalue weighted by Crippen LogP contribution is 2.22. The molecule has 1 unspecified atom stereocenters. The molecule has 1 N–H and O–H groups in total. The Kier molecular flexibility index (Phi) is 3.45. The molecule has 0 aromatic carbocycles. The Labute approximate surface area is 106 Å². The van der Waals surface area contributed by atoms with Gasteiger partial charge in [-0.25, -0.2) is 0 Å². The molecule has 1 saturated heterocycles. The van der Waals surface area contributed by atoms with Gasteiger partial charge in [0.1, 0.15) is 12.0 Å². The molecule has 18 heavy (non-hydrogen) atoms. The maximum absolute atomic E-state index is 12.3. The van der Waals surface area contributed by atoms with Crippen LogP contribution in [0.1, 0.15) is 30.0 Å². The number of aryl methyl sites for hydroxylation is 1. The molecule has 2 heterocycles. The van der Waals surface area contributed by atoms with E-state index in [0.717, 1.165) is 0 Å². The lowest BCUT2D eigenvalue weighted by Crippen LogP contribution is -2.55. The zero-order valence-corrected chi connectivity index (χ0v) is 11.0. The van der Waals surface area contributed by atoms with Gasteiger partial charge in [-0.1, -0.05) is 0 Å². The molecule has 0 spiro atoms. The highest BCUT2D eigenvalue weighted by atomic mass is 16.5. The van der Waals surface area contributed by atoms with Gasteiger partial charge in [0.15, 0.2) is 0 Å². The lowest BCUT2D eigenvalue weighted by atomic mass is 10.0. The minimum absolute atomic E-state index is 0.0818. The second kappa shape index (κ2) is 4.74. The van der Waals surface area contributed by atoms with E-state index in [2.05, 4.69) is 0 Å². The lowest BCUT2D eigenvalue weighted by molar-refractivity contribution is -0.139. The minimum atomic E-state index is -0.444.